The van der Waals surface area contributed by atoms with Crippen molar-refractivity contribution in [3.8, 4) is 5.69 Å². The first-order chi connectivity index (χ1) is 12.2. The quantitative estimate of drug-likeness (QED) is 0.812. The number of nitrogens with zero attached hydrogens (tertiary/aromatic N) is 3. The molecule has 1 aliphatic heterocycles. The number of amides is 1. The molecular formula is C18H22FN3O3. The summed E-state index contributed by atoms with van der Waals surface area (Å²) in [5.74, 6) is -0.411. The van der Waals surface area contributed by atoms with Crippen molar-refractivity contribution < 1.29 is 19.0 Å². The Balaban J connectivity index is 1.56. The average molecular weight is 347 g/mol. The lowest BCUT2D eigenvalue weighted by Crippen LogP contribution is -2.41. The molecule has 134 valence electrons. The summed E-state index contributed by atoms with van der Waals surface area (Å²) >= 11 is 0. The van der Waals surface area contributed by atoms with E-state index in [1.807, 2.05) is 0 Å². The fourth-order valence-electron chi connectivity index (χ4n) is 2.88. The number of aromatic nitrogens is 2. The van der Waals surface area contributed by atoms with Crippen molar-refractivity contribution in [2.45, 2.75) is 25.4 Å². The second kappa shape index (κ2) is 8.22. The number of aliphatic hydroxyl groups is 1. The molecule has 3 rings (SSSR count). The lowest BCUT2D eigenvalue weighted by Gasteiger charge is -2.31. The van der Waals surface area contributed by atoms with Crippen LogP contribution < -0.4 is 0 Å². The molecule has 2 heterocycles. The lowest BCUT2D eigenvalue weighted by atomic mass is 10.1. The normalized spacial score (nSPS) is 15.5. The van der Waals surface area contributed by atoms with Crippen LogP contribution in [-0.2, 0) is 4.74 Å². The standard InChI is InChI=1S/C18H22FN3O3/c19-14-2-4-15(5-3-14)22-11-8-17(20-22)18(24)21-9-6-16(7-10-21)25-13-1-12-23/h2-5,8,11,16,23H,1,6-7,9-10,12-13H2. The van der Waals surface area contributed by atoms with Gasteiger partial charge in [-0.15, -0.1) is 0 Å². The Bertz CT molecular complexity index is 694. The molecule has 1 saturated heterocycles. The number of piperidine rings is 1. The molecule has 0 spiro atoms. The van der Waals surface area contributed by atoms with Gasteiger partial charge in [0.15, 0.2) is 5.69 Å². The van der Waals surface area contributed by atoms with Crippen LogP contribution in [0.4, 0.5) is 4.39 Å². The minimum absolute atomic E-state index is 0.102. The van der Waals surface area contributed by atoms with E-state index in [-0.39, 0.29) is 24.4 Å². The van der Waals surface area contributed by atoms with Gasteiger partial charge in [-0.3, -0.25) is 4.79 Å². The lowest BCUT2D eigenvalue weighted by molar-refractivity contribution is 0.00383. The molecule has 1 aromatic carbocycles. The Morgan fingerprint density at radius 1 is 1.24 bits per heavy atom. The number of halogens is 1. The smallest absolute Gasteiger partial charge is 0.274 e. The van der Waals surface area contributed by atoms with E-state index in [4.69, 9.17) is 9.84 Å². The summed E-state index contributed by atoms with van der Waals surface area (Å²) in [6.07, 6.45) is 4.06. The summed E-state index contributed by atoms with van der Waals surface area (Å²) in [7, 11) is 0. The number of likely N-dealkylation sites (tertiary alicyclic amines) is 1. The average Bonchev–Trinajstić information content (AvgIpc) is 3.13. The molecule has 1 fully saturated rings. The Kier molecular flexibility index (Phi) is 5.78. The number of hydrogen-bond acceptors (Lipinski definition) is 4. The molecule has 25 heavy (non-hydrogen) atoms. The van der Waals surface area contributed by atoms with Crippen molar-refractivity contribution in [3.63, 3.8) is 0 Å². The van der Waals surface area contributed by atoms with Gasteiger partial charge in [0.2, 0.25) is 0 Å². The van der Waals surface area contributed by atoms with Crippen LogP contribution in [0.1, 0.15) is 29.8 Å². The summed E-state index contributed by atoms with van der Waals surface area (Å²) < 4.78 is 20.2. The molecule has 0 saturated carbocycles. The highest BCUT2D eigenvalue weighted by Gasteiger charge is 2.25. The zero-order chi connectivity index (χ0) is 17.6. The molecule has 2 aromatic rings. The highest BCUT2D eigenvalue weighted by molar-refractivity contribution is 5.92. The third-order valence-corrected chi connectivity index (χ3v) is 4.28. The highest BCUT2D eigenvalue weighted by Crippen LogP contribution is 2.17. The summed E-state index contributed by atoms with van der Waals surface area (Å²) in [6.45, 7) is 1.95. The van der Waals surface area contributed by atoms with Crippen molar-refractivity contribution in [3.05, 3.63) is 48.0 Å². The van der Waals surface area contributed by atoms with E-state index in [0.717, 1.165) is 12.8 Å². The van der Waals surface area contributed by atoms with Crippen LogP contribution in [0.15, 0.2) is 36.5 Å². The Labute approximate surface area is 145 Å². The number of carbonyl (C=O) groups excluding carboxylic acids is 1. The molecule has 6 nitrogen and oxygen atoms in total. The summed E-state index contributed by atoms with van der Waals surface area (Å²) in [6, 6.07) is 7.63. The predicted octanol–water partition coefficient (Wildman–Crippen LogP) is 2.01. The van der Waals surface area contributed by atoms with Crippen molar-refractivity contribution in [2.75, 3.05) is 26.3 Å². The van der Waals surface area contributed by atoms with Crippen molar-refractivity contribution in [2.24, 2.45) is 0 Å². The van der Waals surface area contributed by atoms with Gasteiger partial charge in [-0.25, -0.2) is 9.07 Å². The molecule has 1 N–H and O–H groups in total. The molecule has 0 atom stereocenters. The summed E-state index contributed by atoms with van der Waals surface area (Å²) in [5, 5.41) is 13.1. The third kappa shape index (κ3) is 4.43. The van der Waals surface area contributed by atoms with E-state index in [0.29, 0.717) is 37.5 Å². The van der Waals surface area contributed by atoms with Gasteiger partial charge in [0.1, 0.15) is 5.82 Å². The molecule has 0 bridgehead atoms. The summed E-state index contributed by atoms with van der Waals surface area (Å²) in [5.41, 5.74) is 1.08. The van der Waals surface area contributed by atoms with Gasteiger partial charge in [-0.05, 0) is 49.6 Å². The van der Waals surface area contributed by atoms with Gasteiger partial charge in [0, 0.05) is 32.5 Å². The zero-order valence-electron chi connectivity index (χ0n) is 14.0. The van der Waals surface area contributed by atoms with Crippen LogP contribution in [0.5, 0.6) is 0 Å². The maximum Gasteiger partial charge on any atom is 0.274 e. The molecular weight excluding hydrogens is 325 g/mol. The second-order valence-corrected chi connectivity index (χ2v) is 6.06. The van der Waals surface area contributed by atoms with Crippen molar-refractivity contribution >= 4 is 5.91 Å². The van der Waals surface area contributed by atoms with E-state index in [2.05, 4.69) is 5.10 Å². The van der Waals surface area contributed by atoms with Crippen LogP contribution >= 0.6 is 0 Å². The van der Waals surface area contributed by atoms with Crippen molar-refractivity contribution in [1.29, 1.82) is 0 Å². The largest absolute Gasteiger partial charge is 0.396 e. The number of hydrogen-bond donors (Lipinski definition) is 1. The first-order valence-electron chi connectivity index (χ1n) is 8.51. The molecule has 1 aliphatic rings. The topological polar surface area (TPSA) is 67.6 Å². The Morgan fingerprint density at radius 3 is 2.64 bits per heavy atom. The first kappa shape index (κ1) is 17.6. The monoisotopic (exact) mass is 347 g/mol. The van der Waals surface area contributed by atoms with E-state index in [9.17, 15) is 9.18 Å². The van der Waals surface area contributed by atoms with Crippen molar-refractivity contribution in [1.82, 2.24) is 14.7 Å². The molecule has 0 aliphatic carbocycles. The number of aliphatic hydroxyl groups excluding tert-OH is 1. The van der Waals surface area contributed by atoms with Crippen LogP contribution in [0, 0.1) is 5.82 Å². The van der Waals surface area contributed by atoms with Gasteiger partial charge in [-0.2, -0.15) is 5.10 Å². The van der Waals surface area contributed by atoms with Crippen LogP contribution in [0.25, 0.3) is 5.69 Å². The first-order valence-corrected chi connectivity index (χ1v) is 8.51. The number of ether oxygens (including phenoxy) is 1. The van der Waals surface area contributed by atoms with E-state index in [1.165, 1.54) is 12.1 Å². The maximum atomic E-state index is 13.0. The zero-order valence-corrected chi connectivity index (χ0v) is 14.0. The molecule has 1 aromatic heterocycles. The molecule has 1 amide bonds. The van der Waals surface area contributed by atoms with E-state index >= 15 is 0 Å². The van der Waals surface area contributed by atoms with Gasteiger partial charge in [0.25, 0.3) is 5.91 Å². The fourth-order valence-corrected chi connectivity index (χ4v) is 2.88. The molecule has 0 unspecified atom stereocenters. The molecule has 0 radical (unpaired) electrons. The number of rotatable bonds is 6. The van der Waals surface area contributed by atoms with Crippen LogP contribution in [0.2, 0.25) is 0 Å². The Hall–Kier alpha value is -2.25. The summed E-state index contributed by atoms with van der Waals surface area (Å²) in [4.78, 5) is 14.4. The SMILES string of the molecule is O=C(c1ccn(-c2ccc(F)cc2)n1)N1CCC(OCCCO)CC1. The van der Waals surface area contributed by atoms with Crippen LogP contribution in [0.3, 0.4) is 0 Å². The van der Waals surface area contributed by atoms with E-state index in [1.54, 1.807) is 34.0 Å². The molecule has 7 heteroatoms. The number of benzene rings is 1. The Morgan fingerprint density at radius 2 is 1.96 bits per heavy atom. The minimum Gasteiger partial charge on any atom is -0.396 e. The second-order valence-electron chi connectivity index (χ2n) is 6.06. The van der Waals surface area contributed by atoms with Gasteiger partial charge >= 0.3 is 0 Å². The van der Waals surface area contributed by atoms with Gasteiger partial charge < -0.3 is 14.7 Å². The van der Waals surface area contributed by atoms with Gasteiger partial charge in [0.05, 0.1) is 11.8 Å². The third-order valence-electron chi connectivity index (χ3n) is 4.28. The minimum atomic E-state index is -0.309. The fraction of sp³-hybridized carbons (Fsp3) is 0.444. The number of carbonyl (C=O) groups is 1. The maximum absolute atomic E-state index is 13.0. The van der Waals surface area contributed by atoms with Gasteiger partial charge in [-0.1, -0.05) is 0 Å². The highest BCUT2D eigenvalue weighted by atomic mass is 19.1. The predicted molar refractivity (Wildman–Crippen MR) is 90.1 cm³/mol. The van der Waals surface area contributed by atoms with E-state index < -0.39 is 0 Å². The van der Waals surface area contributed by atoms with Crippen LogP contribution in [-0.4, -0.2) is 58.1 Å².